The highest BCUT2D eigenvalue weighted by molar-refractivity contribution is 9.10. The van der Waals surface area contributed by atoms with Crippen molar-refractivity contribution in [2.75, 3.05) is 19.8 Å². The second-order valence-corrected chi connectivity index (χ2v) is 5.67. The first-order valence-electron chi connectivity index (χ1n) is 7.42. The molecule has 0 aliphatic carbocycles. The summed E-state index contributed by atoms with van der Waals surface area (Å²) in [6.07, 6.45) is 1.55. The van der Waals surface area contributed by atoms with Gasteiger partial charge in [0, 0.05) is 6.54 Å². The third-order valence-corrected chi connectivity index (χ3v) is 4.03. The third kappa shape index (κ3) is 5.96. The Morgan fingerprint density at radius 3 is 2.48 bits per heavy atom. The van der Waals surface area contributed by atoms with Crippen LogP contribution >= 0.6 is 15.9 Å². The van der Waals surface area contributed by atoms with E-state index in [2.05, 4.69) is 21.2 Å². The van der Waals surface area contributed by atoms with Crippen LogP contribution in [0.5, 0.6) is 11.5 Å². The third-order valence-electron chi connectivity index (χ3n) is 2.96. The number of amides is 1. The van der Waals surface area contributed by atoms with E-state index in [0.717, 1.165) is 29.9 Å². The number of alkyl halides is 1. The second-order valence-electron chi connectivity index (χ2n) is 4.56. The van der Waals surface area contributed by atoms with Crippen LogP contribution in [0.4, 0.5) is 0 Å². The predicted molar refractivity (Wildman–Crippen MR) is 88.5 cm³/mol. The Morgan fingerprint density at radius 2 is 1.86 bits per heavy atom. The van der Waals surface area contributed by atoms with Crippen LogP contribution < -0.4 is 14.8 Å². The van der Waals surface area contributed by atoms with Gasteiger partial charge in [0.1, 0.15) is 0 Å². The number of rotatable bonds is 9. The molecule has 118 valence electrons. The van der Waals surface area contributed by atoms with Crippen LogP contribution in [0.15, 0.2) is 18.2 Å². The van der Waals surface area contributed by atoms with Gasteiger partial charge in [0.25, 0.3) is 0 Å². The van der Waals surface area contributed by atoms with Crippen LogP contribution in [0.3, 0.4) is 0 Å². The van der Waals surface area contributed by atoms with Crippen molar-refractivity contribution in [1.29, 1.82) is 0 Å². The fourth-order valence-electron chi connectivity index (χ4n) is 1.88. The minimum atomic E-state index is -0.114. The standard InChI is InChI=1S/C16H24BrNO3/c1-4-13(17)16(19)18-10-9-12-7-8-14(20-5-2)15(11-12)21-6-3/h7-8,11,13H,4-6,9-10H2,1-3H3,(H,18,19). The van der Waals surface area contributed by atoms with Crippen LogP contribution in [0.1, 0.15) is 32.8 Å². The number of ether oxygens (including phenoxy) is 2. The molecule has 0 spiro atoms. The van der Waals surface area contributed by atoms with E-state index >= 15 is 0 Å². The normalized spacial score (nSPS) is 11.8. The van der Waals surface area contributed by atoms with Crippen molar-refractivity contribution >= 4 is 21.8 Å². The number of carbonyl (C=O) groups is 1. The molecule has 1 atom stereocenters. The van der Waals surface area contributed by atoms with Crippen molar-refractivity contribution in [1.82, 2.24) is 5.32 Å². The van der Waals surface area contributed by atoms with E-state index in [4.69, 9.17) is 9.47 Å². The number of hydrogen-bond acceptors (Lipinski definition) is 3. The van der Waals surface area contributed by atoms with Gasteiger partial charge in [-0.1, -0.05) is 28.9 Å². The SMILES string of the molecule is CCOc1ccc(CCNC(=O)C(Br)CC)cc1OCC. The first kappa shape index (κ1) is 17.8. The molecule has 1 amide bonds. The van der Waals surface area contributed by atoms with E-state index in [1.807, 2.05) is 39.0 Å². The van der Waals surface area contributed by atoms with Gasteiger partial charge in [-0.3, -0.25) is 4.79 Å². The molecule has 0 aliphatic rings. The summed E-state index contributed by atoms with van der Waals surface area (Å²) in [6, 6.07) is 5.90. The molecule has 0 aliphatic heterocycles. The van der Waals surface area contributed by atoms with E-state index in [9.17, 15) is 4.79 Å². The van der Waals surface area contributed by atoms with E-state index in [1.165, 1.54) is 0 Å². The summed E-state index contributed by atoms with van der Waals surface area (Å²) in [5.74, 6) is 1.56. The van der Waals surface area contributed by atoms with Gasteiger partial charge in [-0.05, 0) is 44.4 Å². The van der Waals surface area contributed by atoms with Gasteiger partial charge in [-0.15, -0.1) is 0 Å². The smallest absolute Gasteiger partial charge is 0.233 e. The van der Waals surface area contributed by atoms with Crippen molar-refractivity contribution in [2.24, 2.45) is 0 Å². The molecule has 1 rings (SSSR count). The average molecular weight is 358 g/mol. The Bertz CT molecular complexity index is 451. The van der Waals surface area contributed by atoms with E-state index < -0.39 is 0 Å². The molecule has 5 heteroatoms. The highest BCUT2D eigenvalue weighted by Gasteiger charge is 2.11. The Kier molecular flexibility index (Phi) is 8.20. The molecule has 1 aromatic rings. The first-order valence-corrected chi connectivity index (χ1v) is 8.34. The fraction of sp³-hybridized carbons (Fsp3) is 0.562. The Hall–Kier alpha value is -1.23. The van der Waals surface area contributed by atoms with Gasteiger partial charge in [0.05, 0.1) is 18.0 Å². The largest absolute Gasteiger partial charge is 0.490 e. The molecule has 0 aromatic heterocycles. The number of hydrogen-bond donors (Lipinski definition) is 1. The van der Waals surface area contributed by atoms with Crippen molar-refractivity contribution in [3.63, 3.8) is 0 Å². The minimum Gasteiger partial charge on any atom is -0.490 e. The lowest BCUT2D eigenvalue weighted by atomic mass is 10.1. The van der Waals surface area contributed by atoms with Crippen molar-refractivity contribution in [3.8, 4) is 11.5 Å². The van der Waals surface area contributed by atoms with Gasteiger partial charge in [-0.25, -0.2) is 0 Å². The molecule has 1 aromatic carbocycles. The van der Waals surface area contributed by atoms with Crippen LogP contribution in [-0.4, -0.2) is 30.5 Å². The highest BCUT2D eigenvalue weighted by Crippen LogP contribution is 2.28. The molecule has 1 N–H and O–H groups in total. The fourth-order valence-corrected chi connectivity index (χ4v) is 2.04. The molecule has 4 nitrogen and oxygen atoms in total. The highest BCUT2D eigenvalue weighted by atomic mass is 79.9. The molecule has 0 radical (unpaired) electrons. The molecule has 0 bridgehead atoms. The monoisotopic (exact) mass is 357 g/mol. The lowest BCUT2D eigenvalue weighted by molar-refractivity contribution is -0.120. The van der Waals surface area contributed by atoms with Crippen molar-refractivity contribution in [2.45, 2.75) is 38.4 Å². The van der Waals surface area contributed by atoms with Gasteiger partial charge in [0.2, 0.25) is 5.91 Å². The number of halogens is 1. The quantitative estimate of drug-likeness (QED) is 0.689. The number of benzene rings is 1. The lowest BCUT2D eigenvalue weighted by Crippen LogP contribution is -2.32. The summed E-state index contributed by atoms with van der Waals surface area (Å²) in [7, 11) is 0. The zero-order valence-corrected chi connectivity index (χ0v) is 14.5. The maximum Gasteiger partial charge on any atom is 0.233 e. The lowest BCUT2D eigenvalue weighted by Gasteiger charge is -2.13. The summed E-state index contributed by atoms with van der Waals surface area (Å²) in [5.41, 5.74) is 1.12. The van der Waals surface area contributed by atoms with Crippen LogP contribution in [0.2, 0.25) is 0 Å². The summed E-state index contributed by atoms with van der Waals surface area (Å²) in [4.78, 5) is 11.6. The van der Waals surface area contributed by atoms with E-state index in [1.54, 1.807) is 0 Å². The van der Waals surface area contributed by atoms with E-state index in [0.29, 0.717) is 19.8 Å². The first-order chi connectivity index (χ1) is 10.1. The summed E-state index contributed by atoms with van der Waals surface area (Å²) in [6.45, 7) is 7.69. The zero-order valence-electron chi connectivity index (χ0n) is 12.9. The molecule has 0 fully saturated rings. The maximum absolute atomic E-state index is 11.7. The number of nitrogens with one attached hydrogen (secondary N) is 1. The van der Waals surface area contributed by atoms with Gasteiger partial charge in [-0.2, -0.15) is 0 Å². The Labute approximate surface area is 135 Å². The molecular formula is C16H24BrNO3. The number of carbonyl (C=O) groups excluding carboxylic acids is 1. The second kappa shape index (κ2) is 9.66. The summed E-state index contributed by atoms with van der Waals surface area (Å²) in [5, 5.41) is 2.92. The Balaban J connectivity index is 2.59. The minimum absolute atomic E-state index is 0.0356. The Morgan fingerprint density at radius 1 is 1.19 bits per heavy atom. The van der Waals surface area contributed by atoms with E-state index in [-0.39, 0.29) is 10.7 Å². The predicted octanol–water partition coefficient (Wildman–Crippen LogP) is 3.32. The van der Waals surface area contributed by atoms with Gasteiger partial charge in [0.15, 0.2) is 11.5 Å². The van der Waals surface area contributed by atoms with Crippen molar-refractivity contribution in [3.05, 3.63) is 23.8 Å². The van der Waals surface area contributed by atoms with Crippen LogP contribution in [0.25, 0.3) is 0 Å². The molecular weight excluding hydrogens is 334 g/mol. The van der Waals surface area contributed by atoms with Gasteiger partial charge < -0.3 is 14.8 Å². The average Bonchev–Trinajstić information content (AvgIpc) is 2.49. The topological polar surface area (TPSA) is 47.6 Å². The zero-order chi connectivity index (χ0) is 15.7. The van der Waals surface area contributed by atoms with Crippen molar-refractivity contribution < 1.29 is 14.3 Å². The molecule has 1 unspecified atom stereocenters. The maximum atomic E-state index is 11.7. The molecule has 0 saturated heterocycles. The van der Waals surface area contributed by atoms with Crippen LogP contribution in [-0.2, 0) is 11.2 Å². The molecule has 0 saturated carbocycles. The molecule has 21 heavy (non-hydrogen) atoms. The summed E-state index contributed by atoms with van der Waals surface area (Å²) < 4.78 is 11.1. The molecule has 0 heterocycles. The summed E-state index contributed by atoms with van der Waals surface area (Å²) >= 11 is 3.34. The van der Waals surface area contributed by atoms with Crippen LogP contribution in [0, 0.1) is 0 Å². The van der Waals surface area contributed by atoms with Gasteiger partial charge >= 0.3 is 0 Å².